The highest BCUT2D eigenvalue weighted by atomic mass is 127. The van der Waals surface area contributed by atoms with E-state index in [-0.39, 0.29) is 25.5 Å². The standard InChI is InChI=1S/C39H52IN3O7/c1-3-4-5-6-7-8-9-10-11-16-36(46)43(19-17-30-23-28-14-12-13-15-32(28)42-30)33-24-29(39(48)41-18-20-44)25-34(37(33)47)50-38-31(40)21-27(26-45)22-35(38)49-2/h12-15,21-23,25-26,33-34,37,42,44,47H,3-11,16-20,24H2,1-2H3,(H,41,48). The van der Waals surface area contributed by atoms with Gasteiger partial charge < -0.3 is 34.9 Å². The Morgan fingerprint density at radius 3 is 2.46 bits per heavy atom. The maximum atomic E-state index is 14.1. The molecule has 3 aromatic rings. The molecular formula is C39H52IN3O7. The van der Waals surface area contributed by atoms with Crippen LogP contribution < -0.4 is 14.8 Å². The van der Waals surface area contributed by atoms with Crippen LogP contribution in [0.1, 0.15) is 93.6 Å². The fraction of sp³-hybridized carbons (Fsp3) is 0.513. The number of aliphatic hydroxyl groups excluding tert-OH is 2. The maximum absolute atomic E-state index is 14.1. The molecule has 0 radical (unpaired) electrons. The van der Waals surface area contributed by atoms with Crippen LogP contribution in [0.2, 0.25) is 0 Å². The Hall–Kier alpha value is -3.42. The molecule has 0 fully saturated rings. The largest absolute Gasteiger partial charge is 0.493 e. The van der Waals surface area contributed by atoms with Crippen molar-refractivity contribution in [1.29, 1.82) is 0 Å². The van der Waals surface area contributed by atoms with Gasteiger partial charge in [0, 0.05) is 54.7 Å². The number of aromatic amines is 1. The summed E-state index contributed by atoms with van der Waals surface area (Å²) in [5.41, 5.74) is 2.74. The number of carbonyl (C=O) groups is 3. The van der Waals surface area contributed by atoms with E-state index < -0.39 is 24.2 Å². The van der Waals surface area contributed by atoms with E-state index in [1.807, 2.05) is 46.9 Å². The highest BCUT2D eigenvalue weighted by molar-refractivity contribution is 14.1. The van der Waals surface area contributed by atoms with E-state index in [2.05, 4.69) is 23.3 Å². The number of aliphatic hydroxyl groups is 2. The topological polar surface area (TPSA) is 141 Å². The molecule has 1 heterocycles. The first-order valence-corrected chi connectivity index (χ1v) is 19.0. The maximum Gasteiger partial charge on any atom is 0.247 e. The Kier molecular flexibility index (Phi) is 16.1. The molecular weight excluding hydrogens is 749 g/mol. The molecule has 272 valence electrons. The van der Waals surface area contributed by atoms with Crippen molar-refractivity contribution in [2.24, 2.45) is 0 Å². The van der Waals surface area contributed by atoms with E-state index in [1.165, 1.54) is 39.2 Å². The molecule has 0 aliphatic heterocycles. The Balaban J connectivity index is 1.58. The lowest BCUT2D eigenvalue weighted by molar-refractivity contribution is -0.138. The third-order valence-corrected chi connectivity index (χ3v) is 10.1. The predicted molar refractivity (Wildman–Crippen MR) is 204 cm³/mol. The molecule has 11 heteroatoms. The van der Waals surface area contributed by atoms with E-state index in [0.717, 1.165) is 42.3 Å². The number of hydrogen-bond donors (Lipinski definition) is 4. The lowest BCUT2D eigenvalue weighted by Gasteiger charge is -2.40. The summed E-state index contributed by atoms with van der Waals surface area (Å²) in [6.07, 6.45) is 11.3. The van der Waals surface area contributed by atoms with Gasteiger partial charge in [-0.2, -0.15) is 0 Å². The first-order valence-electron chi connectivity index (χ1n) is 17.9. The van der Waals surface area contributed by atoms with Crippen molar-refractivity contribution in [3.8, 4) is 11.5 Å². The number of aromatic nitrogens is 1. The number of aldehydes is 1. The second-order valence-corrected chi connectivity index (χ2v) is 14.1. The number of hydrogen-bond acceptors (Lipinski definition) is 7. The van der Waals surface area contributed by atoms with Crippen LogP contribution in [-0.2, 0) is 16.0 Å². The highest BCUT2D eigenvalue weighted by Crippen LogP contribution is 2.37. The summed E-state index contributed by atoms with van der Waals surface area (Å²) >= 11 is 2.04. The number of unbranched alkanes of at least 4 members (excludes halogenated alkanes) is 8. The first kappa shape index (κ1) is 39.4. The third-order valence-electron chi connectivity index (χ3n) is 9.28. The fourth-order valence-corrected chi connectivity index (χ4v) is 7.31. The van der Waals surface area contributed by atoms with Crippen LogP contribution >= 0.6 is 22.6 Å². The van der Waals surface area contributed by atoms with E-state index in [9.17, 15) is 24.6 Å². The third kappa shape index (κ3) is 11.0. The molecule has 1 aliphatic rings. The number of benzene rings is 2. The van der Waals surface area contributed by atoms with Crippen molar-refractivity contribution in [3.05, 3.63) is 68.9 Å². The number of nitrogens with zero attached hydrogens (tertiary/aromatic N) is 1. The van der Waals surface area contributed by atoms with E-state index in [0.29, 0.717) is 51.9 Å². The molecule has 1 aliphatic carbocycles. The number of H-pyrrole nitrogens is 1. The van der Waals surface area contributed by atoms with Gasteiger partial charge in [-0.15, -0.1) is 0 Å². The van der Waals surface area contributed by atoms with Crippen LogP contribution in [0.5, 0.6) is 11.5 Å². The van der Waals surface area contributed by atoms with Gasteiger partial charge in [-0.3, -0.25) is 14.4 Å². The van der Waals surface area contributed by atoms with Crippen LogP contribution in [-0.4, -0.2) is 83.3 Å². The van der Waals surface area contributed by atoms with Gasteiger partial charge in [0.25, 0.3) is 0 Å². The molecule has 4 N–H and O–H groups in total. The van der Waals surface area contributed by atoms with Gasteiger partial charge in [0.1, 0.15) is 18.5 Å². The summed E-state index contributed by atoms with van der Waals surface area (Å²) in [6.45, 7) is 2.39. The summed E-state index contributed by atoms with van der Waals surface area (Å²) < 4.78 is 12.5. The minimum atomic E-state index is -1.18. The molecule has 2 aromatic carbocycles. The second kappa shape index (κ2) is 20.4. The zero-order chi connectivity index (χ0) is 35.9. The molecule has 0 bridgehead atoms. The number of fused-ring (bicyclic) bond motifs is 1. The summed E-state index contributed by atoms with van der Waals surface area (Å²) in [5, 5.41) is 25.1. The Bertz CT molecular complexity index is 1560. The molecule has 10 nitrogen and oxygen atoms in total. The summed E-state index contributed by atoms with van der Waals surface area (Å²) in [6, 6.07) is 12.5. The smallest absolute Gasteiger partial charge is 0.247 e. The summed E-state index contributed by atoms with van der Waals surface area (Å²) in [5.74, 6) is 0.154. The molecule has 0 spiro atoms. The van der Waals surface area contributed by atoms with Crippen molar-refractivity contribution in [3.63, 3.8) is 0 Å². The first-order chi connectivity index (χ1) is 24.3. The van der Waals surface area contributed by atoms with Crippen LogP contribution in [0.15, 0.2) is 54.1 Å². The lowest BCUT2D eigenvalue weighted by atomic mass is 9.87. The van der Waals surface area contributed by atoms with Gasteiger partial charge in [-0.25, -0.2) is 0 Å². The van der Waals surface area contributed by atoms with Crippen molar-refractivity contribution < 1.29 is 34.1 Å². The average molecular weight is 802 g/mol. The quantitative estimate of drug-likeness (QED) is 0.0548. The number of para-hydroxylation sites is 1. The fourth-order valence-electron chi connectivity index (χ4n) is 6.55. The van der Waals surface area contributed by atoms with Gasteiger partial charge in [0.2, 0.25) is 11.8 Å². The number of methoxy groups -OCH3 is 1. The van der Waals surface area contributed by atoms with Crippen molar-refractivity contribution >= 4 is 51.6 Å². The molecule has 1 aromatic heterocycles. The van der Waals surface area contributed by atoms with E-state index in [4.69, 9.17) is 9.47 Å². The van der Waals surface area contributed by atoms with E-state index >= 15 is 0 Å². The number of nitrogens with one attached hydrogen (secondary N) is 2. The molecule has 0 saturated carbocycles. The van der Waals surface area contributed by atoms with Crippen LogP contribution in [0.3, 0.4) is 0 Å². The monoisotopic (exact) mass is 801 g/mol. The summed E-state index contributed by atoms with van der Waals surface area (Å²) in [7, 11) is 1.47. The van der Waals surface area contributed by atoms with Gasteiger partial charge in [-0.05, 0) is 64.7 Å². The Morgan fingerprint density at radius 1 is 1.06 bits per heavy atom. The number of halogens is 1. The van der Waals surface area contributed by atoms with Crippen molar-refractivity contribution in [1.82, 2.24) is 15.2 Å². The molecule has 3 atom stereocenters. The van der Waals surface area contributed by atoms with Crippen LogP contribution in [0.4, 0.5) is 0 Å². The summed E-state index contributed by atoms with van der Waals surface area (Å²) in [4.78, 5) is 44.1. The lowest BCUT2D eigenvalue weighted by Crippen LogP contribution is -2.55. The predicted octanol–water partition coefficient (Wildman–Crippen LogP) is 6.50. The van der Waals surface area contributed by atoms with Crippen LogP contribution in [0.25, 0.3) is 10.9 Å². The zero-order valence-corrected chi connectivity index (χ0v) is 31.5. The van der Waals surface area contributed by atoms with Gasteiger partial charge in [0.05, 0.1) is 23.3 Å². The normalized spacial score (nSPS) is 17.3. The average Bonchev–Trinajstić information content (AvgIpc) is 3.54. The number of carbonyl (C=O) groups excluding carboxylic acids is 3. The van der Waals surface area contributed by atoms with Crippen LogP contribution in [0, 0.1) is 3.57 Å². The van der Waals surface area contributed by atoms with Gasteiger partial charge in [0.15, 0.2) is 11.5 Å². The van der Waals surface area contributed by atoms with Crippen molar-refractivity contribution in [2.45, 2.75) is 102 Å². The SMILES string of the molecule is CCCCCCCCCCCC(=O)N(CCc1cc2ccccc2[nH]1)C1CC(C(=O)NCCO)=CC(Oc2c(I)cc(C=O)cc2OC)C1O. The molecule has 0 saturated heterocycles. The van der Waals surface area contributed by atoms with Crippen molar-refractivity contribution in [2.75, 3.05) is 26.8 Å². The second-order valence-electron chi connectivity index (χ2n) is 13.0. The molecule has 4 rings (SSSR count). The van der Waals surface area contributed by atoms with Gasteiger partial charge >= 0.3 is 0 Å². The minimum Gasteiger partial charge on any atom is -0.493 e. The molecule has 2 amide bonds. The van der Waals surface area contributed by atoms with Gasteiger partial charge in [-0.1, -0.05) is 76.5 Å². The minimum absolute atomic E-state index is 0.0649. The zero-order valence-electron chi connectivity index (χ0n) is 29.3. The number of amides is 2. The highest BCUT2D eigenvalue weighted by Gasteiger charge is 2.40. The molecule has 50 heavy (non-hydrogen) atoms. The molecule has 3 unspecified atom stereocenters. The Labute approximate surface area is 309 Å². The Morgan fingerprint density at radius 2 is 1.78 bits per heavy atom. The van der Waals surface area contributed by atoms with E-state index in [1.54, 1.807) is 23.1 Å². The number of rotatable bonds is 21. The number of ether oxygens (including phenoxy) is 2.